The van der Waals surface area contributed by atoms with Crippen LogP contribution >= 0.6 is 11.3 Å². The molecule has 1 saturated heterocycles. The van der Waals surface area contributed by atoms with Crippen LogP contribution in [0.4, 0.5) is 15.2 Å². The van der Waals surface area contributed by atoms with E-state index in [9.17, 15) is 14.0 Å². The van der Waals surface area contributed by atoms with Gasteiger partial charge in [-0.1, -0.05) is 23.5 Å². The number of anilines is 2. The second-order valence-corrected chi connectivity index (χ2v) is 9.10. The summed E-state index contributed by atoms with van der Waals surface area (Å²) in [5.41, 5.74) is 3.27. The number of benzene rings is 2. The van der Waals surface area contributed by atoms with Crippen molar-refractivity contribution >= 4 is 44.2 Å². The Balaban J connectivity index is 1.46. The first-order valence-corrected chi connectivity index (χ1v) is 11.4. The summed E-state index contributed by atoms with van der Waals surface area (Å²) >= 11 is 1.45. The van der Waals surface area contributed by atoms with Gasteiger partial charge in [0.15, 0.2) is 5.13 Å². The van der Waals surface area contributed by atoms with Crippen molar-refractivity contribution in [3.05, 3.63) is 83.9 Å². The molecule has 1 fully saturated rings. The SMILES string of the molecule is Cc1ccc2nc(N(Cc3ccccn3)C(=O)C3CC(=O)N(c4ccc(F)cc4)C3)sc2c1. The fourth-order valence-electron chi connectivity index (χ4n) is 3.99. The predicted molar refractivity (Wildman–Crippen MR) is 127 cm³/mol. The van der Waals surface area contributed by atoms with Crippen LogP contribution in [0.1, 0.15) is 17.7 Å². The summed E-state index contributed by atoms with van der Waals surface area (Å²) in [6, 6.07) is 17.3. The van der Waals surface area contributed by atoms with Crippen LogP contribution in [0.2, 0.25) is 0 Å². The summed E-state index contributed by atoms with van der Waals surface area (Å²) in [5.74, 6) is -1.22. The van der Waals surface area contributed by atoms with Gasteiger partial charge in [0, 0.05) is 24.8 Å². The van der Waals surface area contributed by atoms with Crippen LogP contribution in [-0.4, -0.2) is 28.3 Å². The van der Waals surface area contributed by atoms with Crippen LogP contribution in [0.15, 0.2) is 66.9 Å². The van der Waals surface area contributed by atoms with Gasteiger partial charge < -0.3 is 4.90 Å². The minimum absolute atomic E-state index is 0.0962. The molecule has 2 amide bonds. The summed E-state index contributed by atoms with van der Waals surface area (Å²) in [4.78, 5) is 38.7. The number of carbonyl (C=O) groups is 2. The molecule has 0 aliphatic carbocycles. The van der Waals surface area contributed by atoms with Crippen LogP contribution < -0.4 is 9.80 Å². The molecule has 5 rings (SSSR count). The normalized spacial score (nSPS) is 15.9. The van der Waals surface area contributed by atoms with Gasteiger partial charge in [-0.3, -0.25) is 19.5 Å². The summed E-state index contributed by atoms with van der Waals surface area (Å²) in [5, 5.41) is 0.582. The lowest BCUT2D eigenvalue weighted by Crippen LogP contribution is -2.37. The Morgan fingerprint density at radius 1 is 1.18 bits per heavy atom. The highest BCUT2D eigenvalue weighted by atomic mass is 32.1. The lowest BCUT2D eigenvalue weighted by Gasteiger charge is -2.23. The molecule has 1 unspecified atom stereocenters. The first-order valence-electron chi connectivity index (χ1n) is 10.6. The molecule has 33 heavy (non-hydrogen) atoms. The lowest BCUT2D eigenvalue weighted by atomic mass is 10.1. The number of thiazole rings is 1. The van der Waals surface area contributed by atoms with Crippen molar-refractivity contribution in [2.75, 3.05) is 16.3 Å². The Kier molecular flexibility index (Phi) is 5.60. The maximum absolute atomic E-state index is 13.7. The van der Waals surface area contributed by atoms with Crippen molar-refractivity contribution in [2.24, 2.45) is 5.92 Å². The second kappa shape index (κ2) is 8.71. The quantitative estimate of drug-likeness (QED) is 0.432. The van der Waals surface area contributed by atoms with E-state index in [0.29, 0.717) is 10.8 Å². The first kappa shape index (κ1) is 21.2. The van der Waals surface area contributed by atoms with Gasteiger partial charge in [-0.2, -0.15) is 0 Å². The van der Waals surface area contributed by atoms with Crippen LogP contribution in [-0.2, 0) is 16.1 Å². The van der Waals surface area contributed by atoms with Gasteiger partial charge in [-0.25, -0.2) is 9.37 Å². The highest BCUT2D eigenvalue weighted by Crippen LogP contribution is 2.33. The fraction of sp³-hybridized carbons (Fsp3) is 0.200. The van der Waals surface area contributed by atoms with Gasteiger partial charge in [0.05, 0.1) is 28.4 Å². The highest BCUT2D eigenvalue weighted by molar-refractivity contribution is 7.22. The summed E-state index contributed by atoms with van der Waals surface area (Å²) in [6.07, 6.45) is 1.79. The average Bonchev–Trinajstić information content (AvgIpc) is 3.41. The molecule has 1 aliphatic heterocycles. The number of nitrogens with zero attached hydrogens (tertiary/aromatic N) is 4. The first-order chi connectivity index (χ1) is 16.0. The van der Waals surface area contributed by atoms with Crippen molar-refractivity contribution in [1.29, 1.82) is 0 Å². The topological polar surface area (TPSA) is 66.4 Å². The molecule has 2 aromatic heterocycles. The molecule has 4 aromatic rings. The highest BCUT2D eigenvalue weighted by Gasteiger charge is 2.38. The van der Waals surface area contributed by atoms with Gasteiger partial charge in [0.1, 0.15) is 5.82 Å². The minimum Gasteiger partial charge on any atom is -0.312 e. The number of pyridine rings is 1. The molecular formula is C25H21FN4O2S. The molecule has 166 valence electrons. The monoisotopic (exact) mass is 460 g/mol. The van der Waals surface area contributed by atoms with Crippen LogP contribution in [0.3, 0.4) is 0 Å². The van der Waals surface area contributed by atoms with E-state index in [2.05, 4.69) is 11.1 Å². The van der Waals surface area contributed by atoms with Gasteiger partial charge >= 0.3 is 0 Å². The third kappa shape index (κ3) is 4.34. The molecule has 0 radical (unpaired) electrons. The standard InChI is InChI=1S/C25H21FN4O2S/c1-16-5-10-21-22(12-16)33-25(28-21)30(15-19-4-2-3-11-27-19)24(32)17-13-23(31)29(14-17)20-8-6-18(26)7-9-20/h2-12,17H,13-15H2,1H3. The third-order valence-electron chi connectivity index (χ3n) is 5.69. The van der Waals surface area contributed by atoms with Crippen molar-refractivity contribution in [1.82, 2.24) is 9.97 Å². The molecule has 1 atom stereocenters. The number of amides is 2. The van der Waals surface area contributed by atoms with E-state index in [0.717, 1.165) is 21.5 Å². The number of aromatic nitrogens is 2. The number of hydrogen-bond donors (Lipinski definition) is 0. The smallest absolute Gasteiger partial charge is 0.234 e. The number of rotatable bonds is 5. The summed E-state index contributed by atoms with van der Waals surface area (Å²) < 4.78 is 14.3. The Bertz CT molecular complexity index is 1320. The molecule has 0 spiro atoms. The zero-order valence-electron chi connectivity index (χ0n) is 17.9. The summed E-state index contributed by atoms with van der Waals surface area (Å²) in [7, 11) is 0. The van der Waals surface area contributed by atoms with Crippen molar-refractivity contribution in [3.8, 4) is 0 Å². The van der Waals surface area contributed by atoms with E-state index in [1.54, 1.807) is 28.1 Å². The Morgan fingerprint density at radius 2 is 2.00 bits per heavy atom. The zero-order valence-corrected chi connectivity index (χ0v) is 18.8. The van der Waals surface area contributed by atoms with Gasteiger partial charge in [-0.15, -0.1) is 0 Å². The number of carbonyl (C=O) groups excluding carboxylic acids is 2. The molecular weight excluding hydrogens is 439 g/mol. The van der Waals surface area contributed by atoms with Crippen LogP contribution in [0.5, 0.6) is 0 Å². The molecule has 2 aromatic carbocycles. The molecule has 0 saturated carbocycles. The number of fused-ring (bicyclic) bond motifs is 1. The number of halogens is 1. The number of aryl methyl sites for hydroxylation is 1. The lowest BCUT2D eigenvalue weighted by molar-refractivity contribution is -0.124. The largest absolute Gasteiger partial charge is 0.312 e. The fourth-order valence-corrected chi connectivity index (χ4v) is 5.06. The maximum atomic E-state index is 13.7. The van der Waals surface area contributed by atoms with Gasteiger partial charge in [0.25, 0.3) is 0 Å². The predicted octanol–water partition coefficient (Wildman–Crippen LogP) is 4.73. The molecule has 3 heterocycles. The van der Waals surface area contributed by atoms with Crippen molar-refractivity contribution in [2.45, 2.75) is 19.9 Å². The molecule has 0 N–H and O–H groups in total. The van der Waals surface area contributed by atoms with E-state index >= 15 is 0 Å². The Labute approximate surface area is 194 Å². The summed E-state index contributed by atoms with van der Waals surface area (Å²) in [6.45, 7) is 2.52. The van der Waals surface area contributed by atoms with Crippen molar-refractivity contribution < 1.29 is 14.0 Å². The molecule has 8 heteroatoms. The Hall–Kier alpha value is -3.65. The molecule has 1 aliphatic rings. The molecule has 6 nitrogen and oxygen atoms in total. The van der Waals surface area contributed by atoms with E-state index in [1.807, 2.05) is 37.3 Å². The van der Waals surface area contributed by atoms with E-state index in [-0.39, 0.29) is 37.1 Å². The zero-order chi connectivity index (χ0) is 22.9. The van der Waals surface area contributed by atoms with E-state index < -0.39 is 5.92 Å². The minimum atomic E-state index is -0.528. The van der Waals surface area contributed by atoms with Gasteiger partial charge in [0.2, 0.25) is 11.8 Å². The third-order valence-corrected chi connectivity index (χ3v) is 6.73. The maximum Gasteiger partial charge on any atom is 0.234 e. The van der Waals surface area contributed by atoms with Crippen molar-refractivity contribution in [3.63, 3.8) is 0 Å². The second-order valence-electron chi connectivity index (χ2n) is 8.09. The Morgan fingerprint density at radius 3 is 2.76 bits per heavy atom. The van der Waals surface area contributed by atoms with E-state index in [1.165, 1.54) is 23.5 Å². The van der Waals surface area contributed by atoms with Crippen LogP contribution in [0.25, 0.3) is 10.2 Å². The number of hydrogen-bond acceptors (Lipinski definition) is 5. The van der Waals surface area contributed by atoms with E-state index in [4.69, 9.17) is 4.98 Å². The van der Waals surface area contributed by atoms with Gasteiger partial charge in [-0.05, 0) is 61.0 Å². The van der Waals surface area contributed by atoms with Crippen LogP contribution in [0, 0.1) is 18.7 Å². The molecule has 0 bridgehead atoms. The average molecular weight is 461 g/mol.